The molecule has 0 spiro atoms. The van der Waals surface area contributed by atoms with Crippen LogP contribution in [0.5, 0.6) is 0 Å². The summed E-state index contributed by atoms with van der Waals surface area (Å²) in [5.41, 5.74) is 5.96. The van der Waals surface area contributed by atoms with Crippen molar-refractivity contribution in [2.24, 2.45) is 0 Å². The smallest absolute Gasteiger partial charge is 0.225 e. The molecule has 0 bridgehead atoms. The van der Waals surface area contributed by atoms with Gasteiger partial charge in [0.15, 0.2) is 5.82 Å². The van der Waals surface area contributed by atoms with E-state index in [2.05, 4.69) is 43.3 Å². The molecule has 1 aromatic carbocycles. The first kappa shape index (κ1) is 18.5. The van der Waals surface area contributed by atoms with Crippen LogP contribution in [0.2, 0.25) is 0 Å². The number of morpholine rings is 1. The van der Waals surface area contributed by atoms with E-state index in [4.69, 9.17) is 14.7 Å². The molecular weight excluding hydrogens is 390 g/mol. The molecule has 0 unspecified atom stereocenters. The highest BCUT2D eigenvalue weighted by Crippen LogP contribution is 2.33. The summed E-state index contributed by atoms with van der Waals surface area (Å²) in [5.74, 6) is 2.62. The molecular formula is C23H25N7O. The van der Waals surface area contributed by atoms with Crippen LogP contribution in [-0.2, 0) is 24.1 Å². The first-order valence-corrected chi connectivity index (χ1v) is 11.0. The predicted octanol–water partition coefficient (Wildman–Crippen LogP) is 2.30. The van der Waals surface area contributed by atoms with Crippen LogP contribution in [0, 0.1) is 0 Å². The lowest BCUT2D eigenvalue weighted by atomic mass is 10.0. The summed E-state index contributed by atoms with van der Waals surface area (Å²) < 4.78 is 5.59. The molecule has 6 rings (SSSR count). The maximum atomic E-state index is 5.59. The van der Waals surface area contributed by atoms with E-state index in [0.29, 0.717) is 6.54 Å². The number of nitrogens with zero attached hydrogens (tertiary/aromatic N) is 6. The Labute approximate surface area is 181 Å². The number of hydrogen-bond acceptors (Lipinski definition) is 8. The van der Waals surface area contributed by atoms with Crippen molar-refractivity contribution in [3.8, 4) is 11.4 Å². The largest absolute Gasteiger partial charge is 0.384 e. The zero-order chi connectivity index (χ0) is 20.6. The van der Waals surface area contributed by atoms with E-state index in [9.17, 15) is 0 Å². The zero-order valence-electron chi connectivity index (χ0n) is 17.4. The number of hydrogen-bond donors (Lipinski definition) is 1. The highest BCUT2D eigenvalue weighted by atomic mass is 16.5. The number of aromatic nitrogens is 4. The van der Waals surface area contributed by atoms with E-state index in [-0.39, 0.29) is 0 Å². The maximum Gasteiger partial charge on any atom is 0.225 e. The summed E-state index contributed by atoms with van der Waals surface area (Å²) in [6, 6.07) is 8.36. The van der Waals surface area contributed by atoms with Gasteiger partial charge in [0.25, 0.3) is 0 Å². The Balaban J connectivity index is 1.42. The molecule has 1 fully saturated rings. The number of nitrogens with one attached hydrogen (secondary N) is 1. The van der Waals surface area contributed by atoms with E-state index in [1.54, 1.807) is 12.4 Å². The minimum absolute atomic E-state index is 0.693. The Morgan fingerprint density at radius 3 is 2.68 bits per heavy atom. The number of ether oxygens (including phenoxy) is 1. The van der Waals surface area contributed by atoms with Gasteiger partial charge in [0.1, 0.15) is 5.82 Å². The number of benzene rings is 1. The second kappa shape index (κ2) is 7.77. The molecule has 1 N–H and O–H groups in total. The molecule has 2 aromatic heterocycles. The van der Waals surface area contributed by atoms with Crippen molar-refractivity contribution in [3.63, 3.8) is 0 Å². The summed E-state index contributed by atoms with van der Waals surface area (Å²) in [4.78, 5) is 23.6. The third kappa shape index (κ3) is 3.46. The van der Waals surface area contributed by atoms with Crippen molar-refractivity contribution in [3.05, 3.63) is 53.5 Å². The molecule has 0 aliphatic carbocycles. The van der Waals surface area contributed by atoms with Crippen LogP contribution < -0.4 is 15.1 Å². The SMILES string of the molecule is c1cnc(N2CCc3c(nc(-c4ccc5c(c4)CCN5)nc3N3CCOCC3)C2)nc1. The van der Waals surface area contributed by atoms with Crippen LogP contribution in [0.15, 0.2) is 36.7 Å². The fourth-order valence-electron chi connectivity index (χ4n) is 4.65. The lowest BCUT2D eigenvalue weighted by Crippen LogP contribution is -2.39. The summed E-state index contributed by atoms with van der Waals surface area (Å²) in [7, 11) is 0. The fourth-order valence-corrected chi connectivity index (χ4v) is 4.65. The van der Waals surface area contributed by atoms with Gasteiger partial charge in [-0.1, -0.05) is 0 Å². The van der Waals surface area contributed by atoms with E-state index in [1.807, 2.05) is 6.07 Å². The van der Waals surface area contributed by atoms with Crippen LogP contribution in [0.25, 0.3) is 11.4 Å². The highest BCUT2D eigenvalue weighted by molar-refractivity contribution is 5.68. The molecule has 3 aliphatic heterocycles. The van der Waals surface area contributed by atoms with Gasteiger partial charge in [-0.3, -0.25) is 0 Å². The van der Waals surface area contributed by atoms with Crippen LogP contribution in [-0.4, -0.2) is 59.3 Å². The monoisotopic (exact) mass is 415 g/mol. The Hall–Kier alpha value is -3.26. The minimum Gasteiger partial charge on any atom is -0.384 e. The molecule has 0 saturated carbocycles. The Morgan fingerprint density at radius 2 is 1.81 bits per heavy atom. The van der Waals surface area contributed by atoms with Gasteiger partial charge in [0.2, 0.25) is 5.95 Å². The van der Waals surface area contributed by atoms with Gasteiger partial charge in [0, 0.05) is 55.4 Å². The first-order chi connectivity index (χ1) is 15.3. The van der Waals surface area contributed by atoms with Gasteiger partial charge < -0.3 is 19.9 Å². The van der Waals surface area contributed by atoms with Crippen molar-refractivity contribution >= 4 is 17.5 Å². The average molecular weight is 416 g/mol. The lowest BCUT2D eigenvalue weighted by molar-refractivity contribution is 0.122. The van der Waals surface area contributed by atoms with Gasteiger partial charge in [-0.25, -0.2) is 19.9 Å². The molecule has 1 saturated heterocycles. The Morgan fingerprint density at radius 1 is 0.935 bits per heavy atom. The van der Waals surface area contributed by atoms with Crippen molar-refractivity contribution in [1.29, 1.82) is 0 Å². The molecule has 0 amide bonds. The van der Waals surface area contributed by atoms with Gasteiger partial charge >= 0.3 is 0 Å². The van der Waals surface area contributed by atoms with Crippen molar-refractivity contribution in [2.45, 2.75) is 19.4 Å². The van der Waals surface area contributed by atoms with Gasteiger partial charge in [-0.2, -0.15) is 0 Å². The zero-order valence-corrected chi connectivity index (χ0v) is 17.4. The third-order valence-electron chi connectivity index (χ3n) is 6.26. The molecule has 3 aliphatic rings. The molecule has 0 radical (unpaired) electrons. The summed E-state index contributed by atoms with van der Waals surface area (Å²) in [6.45, 7) is 5.76. The minimum atomic E-state index is 0.693. The molecule has 158 valence electrons. The van der Waals surface area contributed by atoms with Crippen LogP contribution >= 0.6 is 0 Å². The van der Waals surface area contributed by atoms with E-state index >= 15 is 0 Å². The fraction of sp³-hybridized carbons (Fsp3) is 0.391. The van der Waals surface area contributed by atoms with Gasteiger partial charge in [0.05, 0.1) is 25.5 Å². The second-order valence-corrected chi connectivity index (χ2v) is 8.16. The standard InChI is InChI=1S/C23H25N7O/c1-6-25-23(26-7-1)30-9-5-18-20(15-30)27-21(28-22(18)29-10-12-31-13-11-29)17-2-3-19-16(14-17)4-8-24-19/h1-3,6-7,14,24H,4-5,8-13,15H2. The van der Waals surface area contributed by atoms with Crippen LogP contribution in [0.1, 0.15) is 16.8 Å². The van der Waals surface area contributed by atoms with Gasteiger partial charge in [-0.15, -0.1) is 0 Å². The summed E-state index contributed by atoms with van der Waals surface area (Å²) in [6.07, 6.45) is 5.51. The molecule has 3 aromatic rings. The van der Waals surface area contributed by atoms with Gasteiger partial charge in [-0.05, 0) is 42.7 Å². The van der Waals surface area contributed by atoms with Crippen molar-refractivity contribution in [1.82, 2.24) is 19.9 Å². The molecule has 0 atom stereocenters. The number of anilines is 3. The molecule has 8 heteroatoms. The normalized spacial score (nSPS) is 17.8. The summed E-state index contributed by atoms with van der Waals surface area (Å²) in [5, 5.41) is 3.43. The molecule has 31 heavy (non-hydrogen) atoms. The quantitative estimate of drug-likeness (QED) is 0.698. The Kier molecular flexibility index (Phi) is 4.64. The third-order valence-corrected chi connectivity index (χ3v) is 6.26. The molecule has 5 heterocycles. The van der Waals surface area contributed by atoms with Crippen molar-refractivity contribution in [2.75, 3.05) is 54.5 Å². The second-order valence-electron chi connectivity index (χ2n) is 8.16. The van der Waals surface area contributed by atoms with Crippen LogP contribution in [0.4, 0.5) is 17.5 Å². The average Bonchev–Trinajstić information content (AvgIpc) is 3.32. The Bertz CT molecular complexity index is 1100. The highest BCUT2D eigenvalue weighted by Gasteiger charge is 2.27. The maximum absolute atomic E-state index is 5.59. The van der Waals surface area contributed by atoms with Crippen molar-refractivity contribution < 1.29 is 4.74 Å². The number of fused-ring (bicyclic) bond motifs is 2. The van der Waals surface area contributed by atoms with Crippen LogP contribution in [0.3, 0.4) is 0 Å². The predicted molar refractivity (Wildman–Crippen MR) is 119 cm³/mol. The van der Waals surface area contributed by atoms with E-state index < -0.39 is 0 Å². The van der Waals surface area contributed by atoms with E-state index in [1.165, 1.54) is 16.8 Å². The lowest BCUT2D eigenvalue weighted by Gasteiger charge is -2.34. The van der Waals surface area contributed by atoms with E-state index in [0.717, 1.165) is 81.1 Å². The number of rotatable bonds is 3. The topological polar surface area (TPSA) is 79.3 Å². The summed E-state index contributed by atoms with van der Waals surface area (Å²) >= 11 is 0. The molecule has 8 nitrogen and oxygen atoms in total. The first-order valence-electron chi connectivity index (χ1n) is 11.0.